The quantitative estimate of drug-likeness (QED) is 0.666. The van der Waals surface area contributed by atoms with E-state index < -0.39 is 22.0 Å². The van der Waals surface area contributed by atoms with Gasteiger partial charge in [-0.25, -0.2) is 12.8 Å². The van der Waals surface area contributed by atoms with Crippen LogP contribution in [0, 0.1) is 5.82 Å². The van der Waals surface area contributed by atoms with E-state index in [-0.39, 0.29) is 17.3 Å². The summed E-state index contributed by atoms with van der Waals surface area (Å²) in [6.07, 6.45) is 0.435. The molecule has 1 aliphatic rings. The maximum absolute atomic E-state index is 13.2. The zero-order chi connectivity index (χ0) is 21.3. The molecule has 0 amide bonds. The highest BCUT2D eigenvalue weighted by molar-refractivity contribution is 7.89. The van der Waals surface area contributed by atoms with Gasteiger partial charge in [0.05, 0.1) is 4.90 Å². The molecule has 3 aromatic rings. The van der Waals surface area contributed by atoms with Crippen molar-refractivity contribution in [2.75, 3.05) is 6.54 Å². The monoisotopic (exact) mass is 427 g/mol. The molecule has 0 saturated carbocycles. The lowest BCUT2D eigenvalue weighted by atomic mass is 9.94. The maximum atomic E-state index is 13.2. The van der Waals surface area contributed by atoms with E-state index in [1.165, 1.54) is 48.5 Å². The molecule has 0 saturated heterocycles. The number of hydrogen-bond donors (Lipinski definition) is 1. The Morgan fingerprint density at radius 2 is 1.57 bits per heavy atom. The normalized spacial score (nSPS) is 16.6. The minimum absolute atomic E-state index is 0.0282. The van der Waals surface area contributed by atoms with Crippen molar-refractivity contribution >= 4 is 16.0 Å². The first-order chi connectivity index (χ1) is 14.4. The van der Waals surface area contributed by atoms with Gasteiger partial charge < -0.3 is 9.84 Å². The average molecular weight is 427 g/mol. The number of benzene rings is 3. The zero-order valence-electron chi connectivity index (χ0n) is 15.7. The van der Waals surface area contributed by atoms with Crippen LogP contribution in [0.1, 0.15) is 17.2 Å². The molecule has 0 radical (unpaired) electrons. The summed E-state index contributed by atoms with van der Waals surface area (Å²) in [6.45, 7) is 0.0736. The Bertz CT molecular complexity index is 1180. The highest BCUT2D eigenvalue weighted by Crippen LogP contribution is 2.35. The Morgan fingerprint density at radius 3 is 2.20 bits per heavy atom. The summed E-state index contributed by atoms with van der Waals surface area (Å²) in [5, 5.41) is 9.74. The Labute approximate surface area is 173 Å². The minimum Gasteiger partial charge on any atom is -0.480 e. The molecule has 1 unspecified atom stereocenters. The summed E-state index contributed by atoms with van der Waals surface area (Å²) in [7, 11) is -4.05. The maximum Gasteiger partial charge on any atom is 0.326 e. The molecule has 1 N–H and O–H groups in total. The fraction of sp³-hybridized carbons (Fsp3) is 0.136. The summed E-state index contributed by atoms with van der Waals surface area (Å²) in [5.74, 6) is -0.827. The van der Waals surface area contributed by atoms with Gasteiger partial charge in [-0.15, -0.1) is 0 Å². The first-order valence-electron chi connectivity index (χ1n) is 9.22. The van der Waals surface area contributed by atoms with Crippen molar-refractivity contribution in [2.24, 2.45) is 0 Å². The number of aliphatic carboxylic acids is 1. The van der Waals surface area contributed by atoms with Crippen LogP contribution in [0.25, 0.3) is 0 Å². The molecule has 8 heteroatoms. The molecule has 0 aromatic heterocycles. The molecule has 30 heavy (non-hydrogen) atoms. The summed E-state index contributed by atoms with van der Waals surface area (Å²) >= 11 is 0. The minimum atomic E-state index is -4.05. The van der Waals surface area contributed by atoms with E-state index in [1.54, 1.807) is 12.1 Å². The molecule has 0 bridgehead atoms. The van der Waals surface area contributed by atoms with Crippen LogP contribution in [0.2, 0.25) is 0 Å². The van der Waals surface area contributed by atoms with Crippen LogP contribution in [0.15, 0.2) is 77.7 Å². The molecule has 0 spiro atoms. The van der Waals surface area contributed by atoms with Gasteiger partial charge in [0.25, 0.3) is 0 Å². The topological polar surface area (TPSA) is 83.9 Å². The Kier molecular flexibility index (Phi) is 5.27. The first-order valence-corrected chi connectivity index (χ1v) is 10.7. The van der Waals surface area contributed by atoms with Crippen LogP contribution in [0.3, 0.4) is 0 Å². The number of halogens is 1. The van der Waals surface area contributed by atoms with Crippen molar-refractivity contribution in [1.82, 2.24) is 4.31 Å². The van der Waals surface area contributed by atoms with Gasteiger partial charge in [-0.05, 0) is 66.1 Å². The first kappa shape index (κ1) is 20.1. The van der Waals surface area contributed by atoms with Crippen molar-refractivity contribution in [3.63, 3.8) is 0 Å². The second-order valence-corrected chi connectivity index (χ2v) is 8.72. The summed E-state index contributed by atoms with van der Waals surface area (Å²) < 4.78 is 46.0. The molecule has 0 aliphatic carbocycles. The number of carboxylic acids is 1. The van der Waals surface area contributed by atoms with Crippen molar-refractivity contribution in [2.45, 2.75) is 17.4 Å². The molecule has 1 atom stereocenters. The third-order valence-corrected chi connectivity index (χ3v) is 6.83. The van der Waals surface area contributed by atoms with Gasteiger partial charge in [-0.1, -0.05) is 24.3 Å². The number of hydrogen-bond acceptors (Lipinski definition) is 4. The number of carboxylic acid groups (broad SMARTS) is 1. The van der Waals surface area contributed by atoms with Crippen molar-refractivity contribution in [3.8, 4) is 11.5 Å². The van der Waals surface area contributed by atoms with Crippen LogP contribution in [0.4, 0.5) is 4.39 Å². The summed E-state index contributed by atoms with van der Waals surface area (Å²) in [4.78, 5) is 11.9. The predicted molar refractivity (Wildman–Crippen MR) is 107 cm³/mol. The fourth-order valence-corrected chi connectivity index (χ4v) is 5.08. The smallest absolute Gasteiger partial charge is 0.326 e. The zero-order valence-corrected chi connectivity index (χ0v) is 16.5. The van der Waals surface area contributed by atoms with Crippen LogP contribution >= 0.6 is 0 Å². The van der Waals surface area contributed by atoms with E-state index in [0.29, 0.717) is 23.5 Å². The molecule has 1 aliphatic heterocycles. The number of ether oxygens (including phenoxy) is 1. The van der Waals surface area contributed by atoms with Crippen molar-refractivity contribution in [1.29, 1.82) is 0 Å². The number of sulfonamides is 1. The van der Waals surface area contributed by atoms with Gasteiger partial charge in [-0.3, -0.25) is 4.79 Å². The van der Waals surface area contributed by atoms with E-state index >= 15 is 0 Å². The molecular weight excluding hydrogens is 409 g/mol. The van der Waals surface area contributed by atoms with Gasteiger partial charge in [0.1, 0.15) is 23.4 Å². The van der Waals surface area contributed by atoms with E-state index in [1.807, 2.05) is 12.1 Å². The Morgan fingerprint density at radius 1 is 0.967 bits per heavy atom. The van der Waals surface area contributed by atoms with Crippen molar-refractivity contribution < 1.29 is 27.4 Å². The van der Waals surface area contributed by atoms with Crippen LogP contribution in [0.5, 0.6) is 11.5 Å². The highest BCUT2D eigenvalue weighted by atomic mass is 32.2. The lowest BCUT2D eigenvalue weighted by Gasteiger charge is -2.33. The predicted octanol–water partition coefficient (Wildman–Crippen LogP) is 3.99. The van der Waals surface area contributed by atoms with Gasteiger partial charge in [0.15, 0.2) is 0 Å². The second-order valence-electron chi connectivity index (χ2n) is 6.83. The van der Waals surface area contributed by atoms with Gasteiger partial charge in [-0.2, -0.15) is 4.31 Å². The number of nitrogens with zero attached hydrogens (tertiary/aromatic N) is 1. The number of fused-ring (bicyclic) bond motifs is 1. The standard InChI is InChI=1S/C22H18FNO5S/c23-16-5-7-17(8-6-16)29-18-9-11-19(12-10-18)30(27,28)24-14-13-15-3-1-2-4-20(15)21(24)22(25)26/h1-12,21H,13-14H2,(H,25,26). The molecule has 154 valence electrons. The largest absolute Gasteiger partial charge is 0.480 e. The molecule has 4 rings (SSSR count). The second kappa shape index (κ2) is 7.89. The lowest BCUT2D eigenvalue weighted by molar-refractivity contribution is -0.142. The Hall–Kier alpha value is -3.23. The van der Waals surface area contributed by atoms with Crippen LogP contribution in [-0.4, -0.2) is 30.3 Å². The van der Waals surface area contributed by atoms with E-state index in [9.17, 15) is 22.7 Å². The molecular formula is C22H18FNO5S. The van der Waals surface area contributed by atoms with Gasteiger partial charge in [0, 0.05) is 6.54 Å². The summed E-state index contributed by atoms with van der Waals surface area (Å²) in [6, 6.07) is 16.8. The van der Waals surface area contributed by atoms with Crippen LogP contribution < -0.4 is 4.74 Å². The third-order valence-electron chi connectivity index (χ3n) is 4.95. The van der Waals surface area contributed by atoms with E-state index in [4.69, 9.17) is 4.74 Å². The third kappa shape index (κ3) is 3.79. The van der Waals surface area contributed by atoms with Gasteiger partial charge >= 0.3 is 5.97 Å². The summed E-state index contributed by atoms with van der Waals surface area (Å²) in [5.41, 5.74) is 1.32. The lowest BCUT2D eigenvalue weighted by Crippen LogP contribution is -2.43. The number of rotatable bonds is 5. The van der Waals surface area contributed by atoms with Gasteiger partial charge in [0.2, 0.25) is 10.0 Å². The SMILES string of the molecule is O=C(O)C1c2ccccc2CCN1S(=O)(=O)c1ccc(Oc2ccc(F)cc2)cc1. The molecule has 6 nitrogen and oxygen atoms in total. The van der Waals surface area contributed by atoms with Crippen molar-refractivity contribution in [3.05, 3.63) is 89.7 Å². The number of carbonyl (C=O) groups is 1. The van der Waals surface area contributed by atoms with E-state index in [2.05, 4.69) is 0 Å². The fourth-order valence-electron chi connectivity index (χ4n) is 3.51. The van der Waals surface area contributed by atoms with E-state index in [0.717, 1.165) is 9.87 Å². The molecule has 3 aromatic carbocycles. The van der Waals surface area contributed by atoms with Crippen LogP contribution in [-0.2, 0) is 21.2 Å². The highest BCUT2D eigenvalue weighted by Gasteiger charge is 2.40. The Balaban J connectivity index is 1.61. The average Bonchev–Trinajstić information content (AvgIpc) is 2.74. The molecule has 1 heterocycles. The molecule has 0 fully saturated rings.